The van der Waals surface area contributed by atoms with E-state index < -0.39 is 0 Å². The van der Waals surface area contributed by atoms with E-state index in [1.165, 1.54) is 32.4 Å². The first-order chi connectivity index (χ1) is 6.67. The second-order valence-electron chi connectivity index (χ2n) is 4.67. The van der Waals surface area contributed by atoms with E-state index in [1.807, 2.05) is 0 Å². The molecule has 0 saturated carbocycles. The van der Waals surface area contributed by atoms with Crippen molar-refractivity contribution in [2.75, 3.05) is 13.1 Å². The smallest absolute Gasteiger partial charge is 0.00964 e. The van der Waals surface area contributed by atoms with Gasteiger partial charge in [-0.05, 0) is 46.2 Å². The van der Waals surface area contributed by atoms with Crippen LogP contribution in [-0.4, -0.2) is 36.1 Å². The number of rotatable bonds is 4. The quantitative estimate of drug-likeness (QED) is 0.745. The highest BCUT2D eigenvalue weighted by Crippen LogP contribution is 2.17. The molecule has 2 heteroatoms. The van der Waals surface area contributed by atoms with Crippen LogP contribution in [0.2, 0.25) is 0 Å². The average Bonchev–Trinajstić information content (AvgIpc) is 2.18. The second-order valence-corrected chi connectivity index (χ2v) is 4.67. The molecule has 1 N–H and O–H groups in total. The molecular formula is C12H26N2. The summed E-state index contributed by atoms with van der Waals surface area (Å²) in [6, 6.07) is 2.19. The highest BCUT2D eigenvalue weighted by Gasteiger charge is 2.24. The van der Waals surface area contributed by atoms with Crippen LogP contribution < -0.4 is 5.32 Å². The molecule has 1 aliphatic rings. The molecule has 0 aromatic carbocycles. The molecule has 0 aliphatic carbocycles. The van der Waals surface area contributed by atoms with Gasteiger partial charge < -0.3 is 10.2 Å². The lowest BCUT2D eigenvalue weighted by molar-refractivity contribution is 0.139. The summed E-state index contributed by atoms with van der Waals surface area (Å²) in [6.07, 6.45) is 3.88. The van der Waals surface area contributed by atoms with E-state index >= 15 is 0 Å². The summed E-state index contributed by atoms with van der Waals surface area (Å²) in [5.41, 5.74) is 0. The molecule has 0 radical (unpaired) electrons. The second kappa shape index (κ2) is 5.72. The van der Waals surface area contributed by atoms with Gasteiger partial charge in [0, 0.05) is 18.1 Å². The fraction of sp³-hybridized carbons (Fsp3) is 1.00. The van der Waals surface area contributed by atoms with Gasteiger partial charge in [-0.2, -0.15) is 0 Å². The van der Waals surface area contributed by atoms with Crippen molar-refractivity contribution >= 4 is 0 Å². The zero-order valence-electron chi connectivity index (χ0n) is 10.2. The lowest BCUT2D eigenvalue weighted by atomic mass is 9.97. The Labute approximate surface area is 89.1 Å². The van der Waals surface area contributed by atoms with Crippen molar-refractivity contribution in [1.29, 1.82) is 0 Å². The van der Waals surface area contributed by atoms with Gasteiger partial charge in [0.25, 0.3) is 0 Å². The third kappa shape index (κ3) is 3.25. The van der Waals surface area contributed by atoms with Crippen molar-refractivity contribution < 1.29 is 0 Å². The topological polar surface area (TPSA) is 15.3 Å². The minimum absolute atomic E-state index is 0.681. The lowest BCUT2D eigenvalue weighted by Gasteiger charge is -2.38. The van der Waals surface area contributed by atoms with Crippen LogP contribution in [0.5, 0.6) is 0 Å². The van der Waals surface area contributed by atoms with E-state index in [9.17, 15) is 0 Å². The molecule has 1 heterocycles. The summed E-state index contributed by atoms with van der Waals surface area (Å²) in [5.74, 6) is 0. The predicted molar refractivity (Wildman–Crippen MR) is 62.6 cm³/mol. The maximum atomic E-state index is 3.72. The molecule has 14 heavy (non-hydrogen) atoms. The number of hydrogen-bond donors (Lipinski definition) is 1. The number of piperidine rings is 1. The molecule has 1 saturated heterocycles. The minimum Gasteiger partial charge on any atom is -0.311 e. The van der Waals surface area contributed by atoms with Gasteiger partial charge in [0.15, 0.2) is 0 Å². The first-order valence-electron chi connectivity index (χ1n) is 6.17. The first kappa shape index (κ1) is 12.0. The first-order valence-corrected chi connectivity index (χ1v) is 6.17. The zero-order chi connectivity index (χ0) is 10.6. The van der Waals surface area contributed by atoms with Crippen molar-refractivity contribution in [3.63, 3.8) is 0 Å². The summed E-state index contributed by atoms with van der Waals surface area (Å²) in [4.78, 5) is 2.58. The van der Waals surface area contributed by atoms with Crippen LogP contribution in [0.15, 0.2) is 0 Å². The third-order valence-corrected chi connectivity index (χ3v) is 3.55. The van der Waals surface area contributed by atoms with Crippen LogP contribution in [0, 0.1) is 0 Å². The molecule has 0 aromatic heterocycles. The number of nitrogens with one attached hydrogen (secondary N) is 1. The standard InChI is InChI=1S/C12H26N2/c1-5-10(3)13-12-7-8-14(6-2)11(4)9-12/h10-13H,5-9H2,1-4H3. The van der Waals surface area contributed by atoms with Crippen LogP contribution in [0.4, 0.5) is 0 Å². The fourth-order valence-electron chi connectivity index (χ4n) is 2.36. The van der Waals surface area contributed by atoms with Crippen molar-refractivity contribution in [3.8, 4) is 0 Å². The summed E-state index contributed by atoms with van der Waals surface area (Å²) in [5, 5.41) is 3.72. The van der Waals surface area contributed by atoms with E-state index in [-0.39, 0.29) is 0 Å². The molecular weight excluding hydrogens is 172 g/mol. The Bertz CT molecular complexity index is 158. The SMILES string of the molecule is CCC(C)NC1CCN(CC)C(C)C1. The highest BCUT2D eigenvalue weighted by molar-refractivity contribution is 4.83. The molecule has 1 fully saturated rings. The number of likely N-dealkylation sites (tertiary alicyclic amines) is 1. The van der Waals surface area contributed by atoms with Gasteiger partial charge in [0.2, 0.25) is 0 Å². The van der Waals surface area contributed by atoms with E-state index in [0.717, 1.165) is 12.1 Å². The Morgan fingerprint density at radius 2 is 2.14 bits per heavy atom. The third-order valence-electron chi connectivity index (χ3n) is 3.55. The van der Waals surface area contributed by atoms with E-state index in [0.29, 0.717) is 6.04 Å². The van der Waals surface area contributed by atoms with Crippen LogP contribution in [0.1, 0.15) is 47.0 Å². The Kier molecular flexibility index (Phi) is 4.90. The summed E-state index contributed by atoms with van der Waals surface area (Å²) < 4.78 is 0. The molecule has 0 bridgehead atoms. The molecule has 1 rings (SSSR count). The summed E-state index contributed by atoms with van der Waals surface area (Å²) >= 11 is 0. The molecule has 1 aliphatic heterocycles. The molecule has 84 valence electrons. The maximum Gasteiger partial charge on any atom is 0.00964 e. The molecule has 3 unspecified atom stereocenters. The predicted octanol–water partition coefficient (Wildman–Crippen LogP) is 2.25. The Morgan fingerprint density at radius 3 is 2.64 bits per heavy atom. The molecule has 0 spiro atoms. The van der Waals surface area contributed by atoms with Crippen LogP contribution in [0.3, 0.4) is 0 Å². The van der Waals surface area contributed by atoms with Gasteiger partial charge in [-0.3, -0.25) is 0 Å². The van der Waals surface area contributed by atoms with Crippen LogP contribution in [0.25, 0.3) is 0 Å². The van der Waals surface area contributed by atoms with Crippen molar-refractivity contribution in [2.45, 2.75) is 65.1 Å². The van der Waals surface area contributed by atoms with Gasteiger partial charge in [-0.25, -0.2) is 0 Å². The Hall–Kier alpha value is -0.0800. The molecule has 3 atom stereocenters. The zero-order valence-corrected chi connectivity index (χ0v) is 10.2. The average molecular weight is 198 g/mol. The van der Waals surface area contributed by atoms with Gasteiger partial charge in [-0.1, -0.05) is 13.8 Å². The van der Waals surface area contributed by atoms with E-state index in [2.05, 4.69) is 37.9 Å². The monoisotopic (exact) mass is 198 g/mol. The largest absolute Gasteiger partial charge is 0.311 e. The summed E-state index contributed by atoms with van der Waals surface area (Å²) in [6.45, 7) is 11.6. The Morgan fingerprint density at radius 1 is 1.43 bits per heavy atom. The van der Waals surface area contributed by atoms with Crippen molar-refractivity contribution in [2.24, 2.45) is 0 Å². The van der Waals surface area contributed by atoms with Gasteiger partial charge in [0.05, 0.1) is 0 Å². The fourth-order valence-corrected chi connectivity index (χ4v) is 2.36. The normalized spacial score (nSPS) is 31.7. The maximum absolute atomic E-state index is 3.72. The van der Waals surface area contributed by atoms with E-state index in [1.54, 1.807) is 0 Å². The van der Waals surface area contributed by atoms with Gasteiger partial charge in [0.1, 0.15) is 0 Å². The van der Waals surface area contributed by atoms with Gasteiger partial charge in [-0.15, -0.1) is 0 Å². The van der Waals surface area contributed by atoms with Crippen molar-refractivity contribution in [3.05, 3.63) is 0 Å². The van der Waals surface area contributed by atoms with Crippen LogP contribution >= 0.6 is 0 Å². The van der Waals surface area contributed by atoms with Crippen molar-refractivity contribution in [1.82, 2.24) is 10.2 Å². The lowest BCUT2D eigenvalue weighted by Crippen LogP contribution is -2.49. The number of hydrogen-bond acceptors (Lipinski definition) is 2. The Balaban J connectivity index is 2.31. The molecule has 2 nitrogen and oxygen atoms in total. The minimum atomic E-state index is 0.681. The van der Waals surface area contributed by atoms with Crippen LogP contribution in [-0.2, 0) is 0 Å². The number of nitrogens with zero attached hydrogens (tertiary/aromatic N) is 1. The molecule has 0 amide bonds. The highest BCUT2D eigenvalue weighted by atomic mass is 15.2. The van der Waals surface area contributed by atoms with Gasteiger partial charge >= 0.3 is 0 Å². The molecule has 0 aromatic rings. The van der Waals surface area contributed by atoms with E-state index in [4.69, 9.17) is 0 Å². The summed E-state index contributed by atoms with van der Waals surface area (Å²) in [7, 11) is 0.